The van der Waals surface area contributed by atoms with Crippen molar-refractivity contribution in [2.24, 2.45) is 12.2 Å². The standard InChI is InChI=1S/C20H27NO3.C16H14ClF3N2O4/c1-6-16(21-24-7-2)20-17(22)10-15(11-18(20)23)19-13(4)8-12(3)9-14(19)5;1-8(2)26-14(24)10-6-9(4-5-11(10)17)22-13(23)7-12(16(18,19)20)21(3)15(22)25/h8-9,15,22H,6-7,10-11H2,1-5H3;4-8H,1-3H3/b21-16+;. The lowest BCUT2D eigenvalue weighted by molar-refractivity contribution is -0.144. The zero-order valence-electron chi connectivity index (χ0n) is 29.2. The zero-order chi connectivity index (χ0) is 37.7. The molecule has 0 saturated carbocycles. The summed E-state index contributed by atoms with van der Waals surface area (Å²) in [6.45, 7) is 13.6. The molecule has 1 atom stereocenters. The molecule has 1 N–H and O–H groups in total. The number of ketones is 1. The number of Topliss-reactive ketones (excluding diaryl/α,β-unsaturated/α-hetero) is 1. The number of ether oxygens (including phenoxy) is 1. The molecule has 1 aromatic heterocycles. The Labute approximate surface area is 292 Å². The van der Waals surface area contributed by atoms with E-state index in [1.54, 1.807) is 13.8 Å². The number of esters is 1. The van der Waals surface area contributed by atoms with E-state index in [4.69, 9.17) is 21.2 Å². The van der Waals surface area contributed by atoms with Gasteiger partial charge in [0, 0.05) is 26.0 Å². The molecule has 3 aromatic rings. The predicted molar refractivity (Wildman–Crippen MR) is 184 cm³/mol. The monoisotopic (exact) mass is 719 g/mol. The number of carbonyl (C=O) groups excluding carboxylic acids is 2. The summed E-state index contributed by atoms with van der Waals surface area (Å²) in [5.41, 5.74) is 1.64. The Kier molecular flexibility index (Phi) is 13.0. The normalized spacial score (nSPS) is 15.2. The summed E-state index contributed by atoms with van der Waals surface area (Å²) in [4.78, 5) is 54.2. The molecular formula is C36H41ClF3N3O7. The number of aliphatic hydroxyl groups is 1. The van der Waals surface area contributed by atoms with Crippen LogP contribution in [0.5, 0.6) is 0 Å². The van der Waals surface area contributed by atoms with Crippen LogP contribution in [0.25, 0.3) is 5.69 Å². The SMILES string of the molecule is CC(C)OC(=O)c1cc(-n2c(=O)cc(C(F)(F)F)n(C)c2=O)ccc1Cl.CCO/N=C(\CC)C1=C(O)CC(c2c(C)cc(C)cc2C)CC1=O. The number of aryl methyl sites for hydroxylation is 3. The lowest BCUT2D eigenvalue weighted by atomic mass is 9.78. The van der Waals surface area contributed by atoms with Gasteiger partial charge in [-0.1, -0.05) is 41.4 Å². The minimum absolute atomic E-state index is 0.0104. The minimum atomic E-state index is -4.86. The maximum atomic E-state index is 12.9. The summed E-state index contributed by atoms with van der Waals surface area (Å²) in [5, 5.41) is 14.5. The predicted octanol–water partition coefficient (Wildman–Crippen LogP) is 7.45. The lowest BCUT2D eigenvalue weighted by Gasteiger charge is -2.27. The summed E-state index contributed by atoms with van der Waals surface area (Å²) in [5.74, 6) is -0.685. The van der Waals surface area contributed by atoms with Gasteiger partial charge in [-0.2, -0.15) is 13.2 Å². The summed E-state index contributed by atoms with van der Waals surface area (Å²) in [6, 6.07) is 8.18. The maximum absolute atomic E-state index is 12.9. The van der Waals surface area contributed by atoms with E-state index >= 15 is 0 Å². The molecule has 1 aliphatic rings. The fourth-order valence-electron chi connectivity index (χ4n) is 5.91. The highest BCUT2D eigenvalue weighted by Crippen LogP contribution is 2.38. The Bertz CT molecular complexity index is 1940. The van der Waals surface area contributed by atoms with E-state index in [0.29, 0.717) is 52.4 Å². The average Bonchev–Trinajstić information content (AvgIpc) is 3.00. The van der Waals surface area contributed by atoms with Gasteiger partial charge in [-0.25, -0.2) is 14.2 Å². The molecule has 2 aromatic carbocycles. The number of rotatable bonds is 8. The molecular weight excluding hydrogens is 679 g/mol. The van der Waals surface area contributed by atoms with E-state index in [0.717, 1.165) is 13.1 Å². The molecule has 0 radical (unpaired) electrons. The van der Waals surface area contributed by atoms with Gasteiger partial charge < -0.3 is 14.7 Å². The number of hydrogen-bond donors (Lipinski definition) is 1. The van der Waals surface area contributed by atoms with E-state index in [2.05, 4.69) is 38.1 Å². The van der Waals surface area contributed by atoms with Crippen molar-refractivity contribution in [1.82, 2.24) is 9.13 Å². The number of alkyl halides is 3. The second kappa shape index (κ2) is 16.4. The number of benzene rings is 2. The molecule has 0 saturated heterocycles. The number of aromatic nitrogens is 2. The number of aliphatic hydroxyl groups excluding tert-OH is 1. The minimum Gasteiger partial charge on any atom is -0.511 e. The summed E-state index contributed by atoms with van der Waals surface area (Å²) < 4.78 is 44.5. The van der Waals surface area contributed by atoms with Crippen molar-refractivity contribution >= 4 is 29.1 Å². The first-order valence-electron chi connectivity index (χ1n) is 16.0. The third-order valence-electron chi connectivity index (χ3n) is 7.89. The molecule has 0 spiro atoms. The summed E-state index contributed by atoms with van der Waals surface area (Å²) in [6.07, 6.45) is -3.88. The van der Waals surface area contributed by atoms with Gasteiger partial charge in [-0.05, 0) is 88.8 Å². The average molecular weight is 720 g/mol. The first-order valence-corrected chi connectivity index (χ1v) is 16.3. The van der Waals surface area contributed by atoms with Gasteiger partial charge in [0.15, 0.2) is 5.78 Å². The Morgan fingerprint density at radius 2 is 1.66 bits per heavy atom. The fourth-order valence-corrected chi connectivity index (χ4v) is 6.11. The lowest BCUT2D eigenvalue weighted by Crippen LogP contribution is -2.40. The van der Waals surface area contributed by atoms with Crippen molar-refractivity contribution in [3.63, 3.8) is 0 Å². The van der Waals surface area contributed by atoms with Crippen molar-refractivity contribution < 1.29 is 37.4 Å². The van der Waals surface area contributed by atoms with Gasteiger partial charge in [-0.15, -0.1) is 0 Å². The highest BCUT2D eigenvalue weighted by atomic mass is 35.5. The van der Waals surface area contributed by atoms with E-state index in [9.17, 15) is 37.5 Å². The van der Waals surface area contributed by atoms with E-state index in [1.807, 2.05) is 13.8 Å². The fraction of sp³-hybridized carbons (Fsp3) is 0.417. The molecule has 10 nitrogen and oxygen atoms in total. The van der Waals surface area contributed by atoms with E-state index in [-0.39, 0.29) is 33.7 Å². The second-order valence-electron chi connectivity index (χ2n) is 12.1. The van der Waals surface area contributed by atoms with Crippen LogP contribution in [0.4, 0.5) is 13.2 Å². The van der Waals surface area contributed by atoms with Crippen molar-refractivity contribution in [2.75, 3.05) is 6.61 Å². The first kappa shape index (κ1) is 39.8. The van der Waals surface area contributed by atoms with Crippen molar-refractivity contribution in [1.29, 1.82) is 0 Å². The Hall–Kier alpha value is -4.65. The number of oxime groups is 1. The molecule has 1 unspecified atom stereocenters. The summed E-state index contributed by atoms with van der Waals surface area (Å²) >= 11 is 5.94. The number of allylic oxidation sites excluding steroid dienone is 2. The molecule has 14 heteroatoms. The van der Waals surface area contributed by atoms with Crippen LogP contribution < -0.4 is 11.2 Å². The molecule has 50 heavy (non-hydrogen) atoms. The zero-order valence-corrected chi connectivity index (χ0v) is 30.0. The van der Waals surface area contributed by atoms with Crippen molar-refractivity contribution in [2.45, 2.75) is 85.9 Å². The quantitative estimate of drug-likeness (QED) is 0.146. The molecule has 0 bridgehead atoms. The third kappa shape index (κ3) is 9.12. The molecule has 0 aliphatic heterocycles. The van der Waals surface area contributed by atoms with Crippen LogP contribution in [0.2, 0.25) is 5.02 Å². The van der Waals surface area contributed by atoms with Crippen LogP contribution in [0.15, 0.2) is 62.5 Å². The second-order valence-corrected chi connectivity index (χ2v) is 12.5. The molecule has 0 fully saturated rings. The number of halogens is 4. The van der Waals surface area contributed by atoms with Gasteiger partial charge in [0.25, 0.3) is 5.56 Å². The molecule has 1 aliphatic carbocycles. The Morgan fingerprint density at radius 1 is 1.04 bits per heavy atom. The van der Waals surface area contributed by atoms with Crippen LogP contribution in [-0.2, 0) is 27.6 Å². The van der Waals surface area contributed by atoms with Gasteiger partial charge in [0.05, 0.1) is 33.7 Å². The van der Waals surface area contributed by atoms with Crippen molar-refractivity contribution in [3.05, 3.63) is 107 Å². The number of hydrogen-bond acceptors (Lipinski definition) is 8. The molecule has 0 amide bonds. The van der Waals surface area contributed by atoms with Gasteiger partial charge in [-0.3, -0.25) is 14.2 Å². The van der Waals surface area contributed by atoms with Crippen LogP contribution in [0.1, 0.15) is 91.2 Å². The summed E-state index contributed by atoms with van der Waals surface area (Å²) in [7, 11) is 0.894. The third-order valence-corrected chi connectivity index (χ3v) is 8.22. The molecule has 4 rings (SSSR count). The van der Waals surface area contributed by atoms with Gasteiger partial charge >= 0.3 is 17.8 Å². The van der Waals surface area contributed by atoms with Gasteiger partial charge in [0.2, 0.25) is 0 Å². The Morgan fingerprint density at radius 3 is 2.18 bits per heavy atom. The van der Waals surface area contributed by atoms with Crippen LogP contribution in [0.3, 0.4) is 0 Å². The topological polar surface area (TPSA) is 129 Å². The largest absolute Gasteiger partial charge is 0.511 e. The highest BCUT2D eigenvalue weighted by Gasteiger charge is 2.35. The first-order chi connectivity index (χ1) is 23.3. The van der Waals surface area contributed by atoms with Crippen molar-refractivity contribution in [3.8, 4) is 5.69 Å². The van der Waals surface area contributed by atoms with Gasteiger partial charge in [0.1, 0.15) is 18.1 Å². The van der Waals surface area contributed by atoms with Crippen LogP contribution in [-0.4, -0.2) is 44.4 Å². The van der Waals surface area contributed by atoms with E-state index < -0.39 is 35.2 Å². The Balaban J connectivity index is 0.000000271. The van der Waals surface area contributed by atoms with Crippen LogP contribution in [0, 0.1) is 20.8 Å². The molecule has 270 valence electrons. The smallest absolute Gasteiger partial charge is 0.431 e. The molecule has 1 heterocycles. The number of carbonyl (C=O) groups is 2. The van der Waals surface area contributed by atoms with Crippen LogP contribution >= 0.6 is 11.6 Å². The van der Waals surface area contributed by atoms with E-state index in [1.165, 1.54) is 34.4 Å². The number of nitrogens with zero attached hydrogens (tertiary/aromatic N) is 3. The maximum Gasteiger partial charge on any atom is 0.431 e. The highest BCUT2D eigenvalue weighted by molar-refractivity contribution is 6.33.